The molecule has 1 unspecified atom stereocenters. The number of unbranched alkanes of at least 4 members (excludes halogenated alkanes) is 1. The minimum absolute atomic E-state index is 0.336. The molecular weight excluding hydrogens is 284 g/mol. The molecule has 1 atom stereocenters. The Balaban J connectivity index is 2.31. The SMILES string of the molecule is Cc1c(C(C)C)nc(N)c2ncn(CCCCS(C)=O)c12. The Labute approximate surface area is 128 Å². The van der Waals surface area contributed by atoms with Crippen LogP contribution in [0.2, 0.25) is 0 Å². The van der Waals surface area contributed by atoms with Crippen LogP contribution in [0.15, 0.2) is 6.33 Å². The van der Waals surface area contributed by atoms with Crippen LogP contribution in [-0.4, -0.2) is 30.8 Å². The number of hydrogen-bond donors (Lipinski definition) is 1. The van der Waals surface area contributed by atoms with Gasteiger partial charge in [0.25, 0.3) is 0 Å². The van der Waals surface area contributed by atoms with Crippen molar-refractivity contribution in [3.05, 3.63) is 17.6 Å². The first-order valence-corrected chi connectivity index (χ1v) is 9.05. The van der Waals surface area contributed by atoms with E-state index in [1.165, 1.54) is 0 Å². The van der Waals surface area contributed by atoms with Gasteiger partial charge < -0.3 is 10.3 Å². The van der Waals surface area contributed by atoms with Crippen LogP contribution in [0.3, 0.4) is 0 Å². The van der Waals surface area contributed by atoms with Gasteiger partial charge in [0.15, 0.2) is 5.82 Å². The van der Waals surface area contributed by atoms with Gasteiger partial charge in [0.05, 0.1) is 17.5 Å². The number of hydrogen-bond acceptors (Lipinski definition) is 4. The summed E-state index contributed by atoms with van der Waals surface area (Å²) in [6, 6.07) is 0. The van der Waals surface area contributed by atoms with Crippen molar-refractivity contribution in [2.45, 2.75) is 46.1 Å². The molecule has 0 amide bonds. The van der Waals surface area contributed by atoms with E-state index in [1.807, 2.05) is 6.33 Å². The van der Waals surface area contributed by atoms with Crippen molar-refractivity contribution in [2.24, 2.45) is 0 Å². The van der Waals surface area contributed by atoms with E-state index >= 15 is 0 Å². The first-order chi connectivity index (χ1) is 9.91. The third kappa shape index (κ3) is 3.43. The van der Waals surface area contributed by atoms with Crippen molar-refractivity contribution in [3.63, 3.8) is 0 Å². The fraction of sp³-hybridized carbons (Fsp3) is 0.600. The lowest BCUT2D eigenvalue weighted by atomic mass is 10.0. The van der Waals surface area contributed by atoms with Crippen molar-refractivity contribution in [3.8, 4) is 0 Å². The van der Waals surface area contributed by atoms with Gasteiger partial charge in [-0.25, -0.2) is 9.97 Å². The Kier molecular flexibility index (Phi) is 4.98. The summed E-state index contributed by atoms with van der Waals surface area (Å²) >= 11 is 0. The topological polar surface area (TPSA) is 73.8 Å². The van der Waals surface area contributed by atoms with Crippen LogP contribution in [0, 0.1) is 6.92 Å². The molecule has 0 bridgehead atoms. The summed E-state index contributed by atoms with van der Waals surface area (Å²) in [6.07, 6.45) is 5.53. The molecule has 0 fully saturated rings. The van der Waals surface area contributed by atoms with Crippen molar-refractivity contribution >= 4 is 27.7 Å². The Hall–Kier alpha value is -1.43. The van der Waals surface area contributed by atoms with Gasteiger partial charge in [0.2, 0.25) is 0 Å². The van der Waals surface area contributed by atoms with Gasteiger partial charge in [0, 0.05) is 29.4 Å². The second-order valence-corrected chi connectivity index (χ2v) is 7.34. The zero-order chi connectivity index (χ0) is 15.6. The third-order valence-electron chi connectivity index (χ3n) is 3.69. The number of anilines is 1. The molecule has 2 rings (SSSR count). The Morgan fingerprint density at radius 3 is 2.71 bits per heavy atom. The molecule has 0 aromatic carbocycles. The molecular formula is C15H24N4OS. The van der Waals surface area contributed by atoms with E-state index in [0.717, 1.165) is 47.4 Å². The average Bonchev–Trinajstić information content (AvgIpc) is 2.83. The number of nitrogen functional groups attached to an aromatic ring is 1. The van der Waals surface area contributed by atoms with Gasteiger partial charge in [-0.2, -0.15) is 0 Å². The molecule has 0 radical (unpaired) electrons. The van der Waals surface area contributed by atoms with E-state index in [4.69, 9.17) is 5.73 Å². The number of pyridine rings is 1. The molecule has 21 heavy (non-hydrogen) atoms. The van der Waals surface area contributed by atoms with Crippen molar-refractivity contribution in [1.29, 1.82) is 0 Å². The van der Waals surface area contributed by atoms with E-state index in [-0.39, 0.29) is 0 Å². The second kappa shape index (κ2) is 6.56. The number of rotatable bonds is 6. The normalized spacial score (nSPS) is 13.2. The number of nitrogens with two attached hydrogens (primary N) is 1. The van der Waals surface area contributed by atoms with Crippen LogP contribution in [0.5, 0.6) is 0 Å². The molecule has 2 aromatic heterocycles. The molecule has 2 heterocycles. The lowest BCUT2D eigenvalue weighted by Crippen LogP contribution is -2.06. The molecule has 0 aliphatic heterocycles. The summed E-state index contributed by atoms with van der Waals surface area (Å²) in [5.41, 5.74) is 10.1. The van der Waals surface area contributed by atoms with E-state index in [0.29, 0.717) is 11.7 Å². The average molecular weight is 308 g/mol. The number of fused-ring (bicyclic) bond motifs is 1. The summed E-state index contributed by atoms with van der Waals surface area (Å²) < 4.78 is 13.2. The van der Waals surface area contributed by atoms with Crippen LogP contribution in [-0.2, 0) is 17.3 Å². The monoisotopic (exact) mass is 308 g/mol. The minimum Gasteiger partial charge on any atom is -0.382 e. The van der Waals surface area contributed by atoms with Crippen molar-refractivity contribution in [1.82, 2.24) is 14.5 Å². The molecule has 6 heteroatoms. The molecule has 2 N–H and O–H groups in total. The second-order valence-electron chi connectivity index (χ2n) is 5.78. The summed E-state index contributed by atoms with van der Waals surface area (Å²) in [5.74, 6) is 1.60. The zero-order valence-corrected chi connectivity index (χ0v) is 14.0. The number of aromatic nitrogens is 3. The zero-order valence-electron chi connectivity index (χ0n) is 13.2. The van der Waals surface area contributed by atoms with Crippen LogP contribution in [0.4, 0.5) is 5.82 Å². The lowest BCUT2D eigenvalue weighted by Gasteiger charge is -2.13. The van der Waals surface area contributed by atoms with Gasteiger partial charge in [0.1, 0.15) is 5.52 Å². The summed E-state index contributed by atoms with van der Waals surface area (Å²) in [7, 11) is -0.714. The highest BCUT2D eigenvalue weighted by atomic mass is 32.2. The predicted octanol–water partition coefficient (Wildman–Crippen LogP) is 2.60. The Bertz CT molecular complexity index is 663. The van der Waals surface area contributed by atoms with Crippen LogP contribution < -0.4 is 5.73 Å². The summed E-state index contributed by atoms with van der Waals surface area (Å²) in [5, 5.41) is 0. The number of aryl methyl sites for hydroxylation is 2. The molecule has 5 nitrogen and oxygen atoms in total. The van der Waals surface area contributed by atoms with Crippen LogP contribution in [0.25, 0.3) is 11.0 Å². The highest BCUT2D eigenvalue weighted by Crippen LogP contribution is 2.28. The van der Waals surface area contributed by atoms with E-state index in [9.17, 15) is 4.21 Å². The molecule has 0 saturated carbocycles. The number of imidazole rings is 1. The number of nitrogens with zero attached hydrogens (tertiary/aromatic N) is 3. The lowest BCUT2D eigenvalue weighted by molar-refractivity contribution is 0.639. The maximum Gasteiger partial charge on any atom is 0.151 e. The molecule has 0 aliphatic rings. The van der Waals surface area contributed by atoms with Gasteiger partial charge in [-0.1, -0.05) is 13.8 Å². The minimum atomic E-state index is -0.714. The van der Waals surface area contributed by atoms with E-state index < -0.39 is 10.8 Å². The predicted molar refractivity (Wildman–Crippen MR) is 88.9 cm³/mol. The molecule has 2 aromatic rings. The first kappa shape index (κ1) is 15.9. The maximum absolute atomic E-state index is 11.1. The smallest absolute Gasteiger partial charge is 0.151 e. The summed E-state index contributed by atoms with van der Waals surface area (Å²) in [6.45, 7) is 7.20. The van der Waals surface area contributed by atoms with E-state index in [2.05, 4.69) is 35.3 Å². The first-order valence-electron chi connectivity index (χ1n) is 7.32. The van der Waals surface area contributed by atoms with Crippen molar-refractivity contribution in [2.75, 3.05) is 17.7 Å². The Morgan fingerprint density at radius 2 is 2.10 bits per heavy atom. The quantitative estimate of drug-likeness (QED) is 0.832. The highest BCUT2D eigenvalue weighted by molar-refractivity contribution is 7.84. The highest BCUT2D eigenvalue weighted by Gasteiger charge is 2.16. The summed E-state index contributed by atoms with van der Waals surface area (Å²) in [4.78, 5) is 8.90. The standard InChI is InChI=1S/C15H24N4OS/c1-10(2)12-11(3)14-13(15(16)18-12)17-9-19(14)7-5-6-8-21(4)20/h9-10H,5-8H2,1-4H3,(H2,16,18). The molecule has 0 saturated heterocycles. The van der Waals surface area contributed by atoms with Gasteiger partial charge >= 0.3 is 0 Å². The van der Waals surface area contributed by atoms with Crippen molar-refractivity contribution < 1.29 is 4.21 Å². The van der Waals surface area contributed by atoms with Crippen LogP contribution >= 0.6 is 0 Å². The fourth-order valence-electron chi connectivity index (χ4n) is 2.67. The molecule has 116 valence electrons. The van der Waals surface area contributed by atoms with Crippen LogP contribution in [0.1, 0.15) is 43.9 Å². The fourth-order valence-corrected chi connectivity index (χ4v) is 3.28. The molecule has 0 spiro atoms. The van der Waals surface area contributed by atoms with E-state index in [1.54, 1.807) is 6.26 Å². The van der Waals surface area contributed by atoms with Gasteiger partial charge in [-0.05, 0) is 31.2 Å². The van der Waals surface area contributed by atoms with Gasteiger partial charge in [-0.15, -0.1) is 0 Å². The Morgan fingerprint density at radius 1 is 1.38 bits per heavy atom. The van der Waals surface area contributed by atoms with Gasteiger partial charge in [-0.3, -0.25) is 4.21 Å². The molecule has 0 aliphatic carbocycles. The third-order valence-corrected chi connectivity index (χ3v) is 4.55. The largest absolute Gasteiger partial charge is 0.382 e. The maximum atomic E-state index is 11.1.